The number of carbonyl (C=O) groups is 1. The molecule has 1 aliphatic rings. The highest BCUT2D eigenvalue weighted by Gasteiger charge is 2.16. The van der Waals surface area contributed by atoms with E-state index >= 15 is 0 Å². The number of imidazole rings is 1. The van der Waals surface area contributed by atoms with Gasteiger partial charge in [0.05, 0.1) is 6.20 Å². The molecule has 25 heavy (non-hydrogen) atoms. The van der Waals surface area contributed by atoms with Gasteiger partial charge in [0, 0.05) is 18.8 Å². The number of hydrogen-bond donors (Lipinski definition) is 1. The van der Waals surface area contributed by atoms with Crippen molar-refractivity contribution in [3.05, 3.63) is 47.4 Å². The molecule has 0 atom stereocenters. The molecule has 0 unspecified atom stereocenters. The van der Waals surface area contributed by atoms with Crippen molar-refractivity contribution in [2.24, 2.45) is 0 Å². The molecule has 3 aromatic rings. The number of nitrogens with zero attached hydrogens (tertiary/aromatic N) is 5. The maximum atomic E-state index is 12.5. The number of amides is 1. The van der Waals surface area contributed by atoms with E-state index in [0.717, 1.165) is 30.2 Å². The molecule has 0 aromatic carbocycles. The Bertz CT molecular complexity index is 922. The molecule has 4 rings (SSSR count). The van der Waals surface area contributed by atoms with E-state index < -0.39 is 0 Å². The molecule has 1 aliphatic heterocycles. The van der Waals surface area contributed by atoms with Crippen LogP contribution < -0.4 is 10.2 Å². The van der Waals surface area contributed by atoms with Gasteiger partial charge in [0.25, 0.3) is 5.91 Å². The Morgan fingerprint density at radius 2 is 1.96 bits per heavy atom. The van der Waals surface area contributed by atoms with E-state index in [0.29, 0.717) is 17.2 Å². The fraction of sp³-hybridized carbons (Fsp3) is 0.333. The fourth-order valence-corrected chi connectivity index (χ4v) is 3.20. The van der Waals surface area contributed by atoms with Crippen molar-refractivity contribution in [3.8, 4) is 0 Å². The third-order valence-electron chi connectivity index (χ3n) is 4.35. The van der Waals surface area contributed by atoms with Crippen LogP contribution in [0.5, 0.6) is 0 Å². The van der Waals surface area contributed by atoms with Crippen LogP contribution in [-0.4, -0.2) is 38.6 Å². The summed E-state index contributed by atoms with van der Waals surface area (Å²) < 4.78 is 1.67. The summed E-state index contributed by atoms with van der Waals surface area (Å²) in [6, 6.07) is 7.61. The lowest BCUT2D eigenvalue weighted by Crippen LogP contribution is -2.20. The van der Waals surface area contributed by atoms with Crippen molar-refractivity contribution in [2.45, 2.75) is 26.7 Å². The molecule has 0 aliphatic carbocycles. The molecule has 7 nitrogen and oxygen atoms in total. The van der Waals surface area contributed by atoms with Crippen molar-refractivity contribution in [3.63, 3.8) is 0 Å². The summed E-state index contributed by atoms with van der Waals surface area (Å²) in [4.78, 5) is 23.4. The molecular weight excluding hydrogens is 316 g/mol. The number of hydrogen-bond acceptors (Lipinski definition) is 5. The van der Waals surface area contributed by atoms with Gasteiger partial charge < -0.3 is 10.2 Å². The molecule has 128 valence electrons. The number of carbonyl (C=O) groups excluding carboxylic acids is 1. The first-order valence-corrected chi connectivity index (χ1v) is 8.46. The Labute approximate surface area is 145 Å². The van der Waals surface area contributed by atoms with Crippen molar-refractivity contribution in [1.29, 1.82) is 0 Å². The fourth-order valence-electron chi connectivity index (χ4n) is 3.20. The number of nitrogens with one attached hydrogen (secondary N) is 1. The lowest BCUT2D eigenvalue weighted by molar-refractivity contribution is 0.102. The number of pyridine rings is 1. The van der Waals surface area contributed by atoms with Crippen LogP contribution in [0, 0.1) is 13.8 Å². The minimum absolute atomic E-state index is 0.262. The lowest BCUT2D eigenvalue weighted by atomic mass is 10.2. The van der Waals surface area contributed by atoms with Gasteiger partial charge in [-0.2, -0.15) is 4.52 Å². The van der Waals surface area contributed by atoms with Crippen LogP contribution in [-0.2, 0) is 0 Å². The third-order valence-corrected chi connectivity index (χ3v) is 4.35. The van der Waals surface area contributed by atoms with Gasteiger partial charge in [0.2, 0.25) is 0 Å². The largest absolute Gasteiger partial charge is 0.355 e. The van der Waals surface area contributed by atoms with Crippen LogP contribution in [0.2, 0.25) is 0 Å². The summed E-state index contributed by atoms with van der Waals surface area (Å²) >= 11 is 0. The molecule has 0 bridgehead atoms. The normalized spacial score (nSPS) is 14.2. The lowest BCUT2D eigenvalue weighted by Gasteiger charge is -2.16. The molecule has 0 radical (unpaired) electrons. The van der Waals surface area contributed by atoms with Crippen LogP contribution in [0.15, 0.2) is 30.5 Å². The summed E-state index contributed by atoms with van der Waals surface area (Å²) in [5.74, 6) is 1.19. The first-order chi connectivity index (χ1) is 12.1. The molecule has 0 spiro atoms. The highest BCUT2D eigenvalue weighted by atomic mass is 16.2. The van der Waals surface area contributed by atoms with Gasteiger partial charge in [0.15, 0.2) is 11.5 Å². The summed E-state index contributed by atoms with van der Waals surface area (Å²) in [7, 11) is 0. The highest BCUT2D eigenvalue weighted by Crippen LogP contribution is 2.20. The van der Waals surface area contributed by atoms with E-state index in [-0.39, 0.29) is 5.91 Å². The topological polar surface area (TPSA) is 75.4 Å². The monoisotopic (exact) mass is 336 g/mol. The minimum atomic E-state index is -0.262. The van der Waals surface area contributed by atoms with E-state index in [4.69, 9.17) is 0 Å². The molecule has 1 saturated heterocycles. The summed E-state index contributed by atoms with van der Waals surface area (Å²) in [6.45, 7) is 5.86. The first kappa shape index (κ1) is 15.6. The molecular formula is C18H20N6O. The third kappa shape index (κ3) is 3.05. The molecule has 1 amide bonds. The molecule has 7 heteroatoms. The highest BCUT2D eigenvalue weighted by molar-refractivity contribution is 6.02. The zero-order valence-electron chi connectivity index (χ0n) is 14.4. The standard InChI is InChI=1S/C18H20N6O/c1-12-9-13(2)20-14(10-12)18(25)21-17-11-19-15-5-6-16(22-24(15)17)23-7-3-4-8-23/h5-6,9-11H,3-4,7-8H2,1-2H3,(H,21,25). The predicted molar refractivity (Wildman–Crippen MR) is 96.1 cm³/mol. The van der Waals surface area contributed by atoms with E-state index in [1.807, 2.05) is 32.0 Å². The van der Waals surface area contributed by atoms with Gasteiger partial charge in [-0.25, -0.2) is 9.97 Å². The Hall–Kier alpha value is -2.96. The molecule has 1 N–H and O–H groups in total. The second-order valence-electron chi connectivity index (χ2n) is 6.42. The quantitative estimate of drug-likeness (QED) is 0.796. The maximum Gasteiger partial charge on any atom is 0.275 e. The average molecular weight is 336 g/mol. The number of anilines is 2. The van der Waals surface area contributed by atoms with E-state index in [9.17, 15) is 4.79 Å². The van der Waals surface area contributed by atoms with E-state index in [1.165, 1.54) is 12.8 Å². The Morgan fingerprint density at radius 3 is 2.72 bits per heavy atom. The molecule has 1 fully saturated rings. The van der Waals surface area contributed by atoms with Gasteiger partial charge in [0.1, 0.15) is 11.5 Å². The van der Waals surface area contributed by atoms with Crippen molar-refractivity contribution >= 4 is 23.2 Å². The number of aryl methyl sites for hydroxylation is 2. The van der Waals surface area contributed by atoms with E-state index in [2.05, 4.69) is 25.3 Å². The SMILES string of the molecule is Cc1cc(C)nc(C(=O)Nc2cnc3ccc(N4CCCC4)nn23)c1. The molecule has 4 heterocycles. The number of fused-ring (bicyclic) bond motifs is 1. The van der Waals surface area contributed by atoms with Crippen LogP contribution in [0.4, 0.5) is 11.6 Å². The average Bonchev–Trinajstić information content (AvgIpc) is 3.24. The zero-order chi connectivity index (χ0) is 17.4. The van der Waals surface area contributed by atoms with E-state index in [1.54, 1.807) is 16.8 Å². The predicted octanol–water partition coefficient (Wildman–Crippen LogP) is 2.59. The zero-order valence-corrected chi connectivity index (χ0v) is 14.4. The Kier molecular flexibility index (Phi) is 3.83. The van der Waals surface area contributed by atoms with Gasteiger partial charge in [-0.3, -0.25) is 4.79 Å². The van der Waals surface area contributed by atoms with Gasteiger partial charge in [-0.05, 0) is 56.5 Å². The van der Waals surface area contributed by atoms with Gasteiger partial charge >= 0.3 is 0 Å². The van der Waals surface area contributed by atoms with Crippen molar-refractivity contribution in [1.82, 2.24) is 19.6 Å². The summed E-state index contributed by atoms with van der Waals surface area (Å²) in [6.07, 6.45) is 3.99. The Morgan fingerprint density at radius 1 is 1.16 bits per heavy atom. The minimum Gasteiger partial charge on any atom is -0.355 e. The number of aromatic nitrogens is 4. The van der Waals surface area contributed by atoms with Crippen molar-refractivity contribution in [2.75, 3.05) is 23.3 Å². The number of rotatable bonds is 3. The second kappa shape index (κ2) is 6.16. The van der Waals surface area contributed by atoms with Crippen LogP contribution in [0.1, 0.15) is 34.6 Å². The Balaban J connectivity index is 1.64. The second-order valence-corrected chi connectivity index (χ2v) is 6.42. The first-order valence-electron chi connectivity index (χ1n) is 8.46. The molecule has 3 aromatic heterocycles. The van der Waals surface area contributed by atoms with Crippen LogP contribution in [0.25, 0.3) is 5.65 Å². The summed E-state index contributed by atoms with van der Waals surface area (Å²) in [5.41, 5.74) is 2.91. The van der Waals surface area contributed by atoms with Gasteiger partial charge in [-0.1, -0.05) is 0 Å². The smallest absolute Gasteiger partial charge is 0.275 e. The van der Waals surface area contributed by atoms with Gasteiger partial charge in [-0.15, -0.1) is 5.10 Å². The van der Waals surface area contributed by atoms with Crippen LogP contribution >= 0.6 is 0 Å². The maximum absolute atomic E-state index is 12.5. The van der Waals surface area contributed by atoms with Crippen molar-refractivity contribution < 1.29 is 4.79 Å². The molecule has 0 saturated carbocycles. The van der Waals surface area contributed by atoms with Crippen LogP contribution in [0.3, 0.4) is 0 Å². The summed E-state index contributed by atoms with van der Waals surface area (Å²) in [5, 5.41) is 7.52.